The SMILES string of the molecule is COc1cc(C(=O)Nc2nnc(C3CC3)s2)ccc1OC(C)C. The monoisotopic (exact) mass is 333 g/mol. The van der Waals surface area contributed by atoms with Gasteiger partial charge >= 0.3 is 0 Å². The van der Waals surface area contributed by atoms with E-state index in [0.29, 0.717) is 28.1 Å². The average molecular weight is 333 g/mol. The summed E-state index contributed by atoms with van der Waals surface area (Å²) >= 11 is 1.44. The average Bonchev–Trinajstić information content (AvgIpc) is 3.27. The highest BCUT2D eigenvalue weighted by Crippen LogP contribution is 2.42. The molecular weight excluding hydrogens is 314 g/mol. The van der Waals surface area contributed by atoms with Crippen molar-refractivity contribution in [3.05, 3.63) is 28.8 Å². The quantitative estimate of drug-likeness (QED) is 0.876. The molecule has 1 N–H and O–H groups in total. The lowest BCUT2D eigenvalue weighted by Crippen LogP contribution is -2.12. The number of nitrogens with zero attached hydrogens (tertiary/aromatic N) is 2. The molecule has 1 aliphatic carbocycles. The van der Waals surface area contributed by atoms with E-state index in [9.17, 15) is 4.79 Å². The van der Waals surface area contributed by atoms with Crippen LogP contribution in [0.15, 0.2) is 18.2 Å². The van der Waals surface area contributed by atoms with Gasteiger partial charge in [-0.2, -0.15) is 0 Å². The second kappa shape index (κ2) is 6.54. The highest BCUT2D eigenvalue weighted by molar-refractivity contribution is 7.15. The van der Waals surface area contributed by atoms with Crippen molar-refractivity contribution < 1.29 is 14.3 Å². The highest BCUT2D eigenvalue weighted by atomic mass is 32.1. The van der Waals surface area contributed by atoms with Crippen molar-refractivity contribution in [1.82, 2.24) is 10.2 Å². The molecule has 0 radical (unpaired) electrons. The van der Waals surface area contributed by atoms with Gasteiger partial charge in [0.25, 0.3) is 5.91 Å². The lowest BCUT2D eigenvalue weighted by molar-refractivity contribution is 0.102. The molecule has 3 rings (SSSR count). The Balaban J connectivity index is 1.72. The van der Waals surface area contributed by atoms with Gasteiger partial charge in [-0.15, -0.1) is 10.2 Å². The summed E-state index contributed by atoms with van der Waals surface area (Å²) in [5, 5.41) is 12.4. The summed E-state index contributed by atoms with van der Waals surface area (Å²) in [6.45, 7) is 3.87. The third-order valence-corrected chi connectivity index (χ3v) is 4.38. The van der Waals surface area contributed by atoms with Gasteiger partial charge in [0.15, 0.2) is 11.5 Å². The molecule has 1 aromatic heterocycles. The summed E-state index contributed by atoms with van der Waals surface area (Å²) in [6, 6.07) is 5.11. The van der Waals surface area contributed by atoms with E-state index < -0.39 is 0 Å². The molecule has 1 saturated carbocycles. The van der Waals surface area contributed by atoms with Crippen LogP contribution in [-0.4, -0.2) is 29.3 Å². The number of anilines is 1. The van der Waals surface area contributed by atoms with Crippen molar-refractivity contribution in [2.75, 3.05) is 12.4 Å². The van der Waals surface area contributed by atoms with Gasteiger partial charge in [-0.05, 0) is 44.9 Å². The standard InChI is InChI=1S/C16H19N3O3S/c1-9(2)22-12-7-6-11(8-13(12)21-3)14(20)17-16-19-18-15(23-16)10-4-5-10/h6-10H,4-5H2,1-3H3,(H,17,19,20). The topological polar surface area (TPSA) is 73.3 Å². The van der Waals surface area contributed by atoms with Gasteiger partial charge in [0.2, 0.25) is 5.13 Å². The largest absolute Gasteiger partial charge is 0.493 e. The van der Waals surface area contributed by atoms with E-state index in [-0.39, 0.29) is 12.0 Å². The number of nitrogens with one attached hydrogen (secondary N) is 1. The second-order valence-corrected chi connectivity index (χ2v) is 6.72. The Morgan fingerprint density at radius 1 is 1.30 bits per heavy atom. The Hall–Kier alpha value is -2.15. The molecule has 1 fully saturated rings. The molecule has 0 unspecified atom stereocenters. The summed E-state index contributed by atoms with van der Waals surface area (Å²) in [5.74, 6) is 1.44. The fourth-order valence-corrected chi connectivity index (χ4v) is 3.02. The minimum atomic E-state index is -0.238. The maximum Gasteiger partial charge on any atom is 0.257 e. The van der Waals surface area contributed by atoms with Gasteiger partial charge in [0, 0.05) is 11.5 Å². The number of benzene rings is 1. The van der Waals surface area contributed by atoms with E-state index in [1.807, 2.05) is 13.8 Å². The number of ether oxygens (including phenoxy) is 2. The van der Waals surface area contributed by atoms with Crippen LogP contribution in [0.2, 0.25) is 0 Å². The summed E-state index contributed by atoms with van der Waals surface area (Å²) in [7, 11) is 1.55. The fourth-order valence-electron chi connectivity index (χ4n) is 2.11. The second-order valence-electron chi connectivity index (χ2n) is 5.71. The van der Waals surface area contributed by atoms with Crippen LogP contribution in [0.3, 0.4) is 0 Å². The maximum absolute atomic E-state index is 12.3. The Labute approximate surface area is 138 Å². The first-order valence-corrected chi connectivity index (χ1v) is 8.38. The van der Waals surface area contributed by atoms with Crippen molar-refractivity contribution in [3.8, 4) is 11.5 Å². The van der Waals surface area contributed by atoms with Crippen LogP contribution in [0, 0.1) is 0 Å². The van der Waals surface area contributed by atoms with Crippen molar-refractivity contribution in [3.63, 3.8) is 0 Å². The molecule has 122 valence electrons. The molecule has 1 heterocycles. The highest BCUT2D eigenvalue weighted by Gasteiger charge is 2.27. The Kier molecular flexibility index (Phi) is 4.47. The minimum absolute atomic E-state index is 0.0332. The van der Waals surface area contributed by atoms with Crippen LogP contribution in [0.4, 0.5) is 5.13 Å². The lowest BCUT2D eigenvalue weighted by Gasteiger charge is -2.14. The summed E-state index contributed by atoms with van der Waals surface area (Å²) in [6.07, 6.45) is 2.36. The Morgan fingerprint density at radius 2 is 2.09 bits per heavy atom. The van der Waals surface area contributed by atoms with Crippen LogP contribution in [0.5, 0.6) is 11.5 Å². The molecule has 1 aromatic carbocycles. The number of hydrogen-bond acceptors (Lipinski definition) is 6. The summed E-state index contributed by atoms with van der Waals surface area (Å²) < 4.78 is 10.9. The first kappa shape index (κ1) is 15.7. The van der Waals surface area contributed by atoms with Crippen LogP contribution >= 0.6 is 11.3 Å². The first-order valence-electron chi connectivity index (χ1n) is 7.56. The van der Waals surface area contributed by atoms with E-state index >= 15 is 0 Å². The molecule has 0 saturated heterocycles. The molecule has 0 atom stereocenters. The van der Waals surface area contributed by atoms with E-state index in [4.69, 9.17) is 9.47 Å². The number of carbonyl (C=O) groups is 1. The summed E-state index contributed by atoms with van der Waals surface area (Å²) in [5.41, 5.74) is 0.487. The number of amides is 1. The van der Waals surface area contributed by atoms with Gasteiger partial charge in [-0.25, -0.2) is 0 Å². The number of rotatable bonds is 6. The van der Waals surface area contributed by atoms with E-state index in [1.165, 1.54) is 11.3 Å². The molecule has 1 aliphatic rings. The van der Waals surface area contributed by atoms with Gasteiger partial charge in [0.05, 0.1) is 13.2 Å². The van der Waals surface area contributed by atoms with Crippen LogP contribution < -0.4 is 14.8 Å². The van der Waals surface area contributed by atoms with Crippen molar-refractivity contribution >= 4 is 22.4 Å². The number of hydrogen-bond donors (Lipinski definition) is 1. The molecule has 0 aliphatic heterocycles. The number of aromatic nitrogens is 2. The number of carbonyl (C=O) groups excluding carboxylic acids is 1. The van der Waals surface area contributed by atoms with Crippen molar-refractivity contribution in [2.45, 2.75) is 38.7 Å². The van der Waals surface area contributed by atoms with Gasteiger partial charge in [-0.3, -0.25) is 10.1 Å². The van der Waals surface area contributed by atoms with Crippen LogP contribution in [0.1, 0.15) is 48.0 Å². The maximum atomic E-state index is 12.3. The zero-order valence-corrected chi connectivity index (χ0v) is 14.1. The van der Waals surface area contributed by atoms with Gasteiger partial charge in [0.1, 0.15) is 5.01 Å². The minimum Gasteiger partial charge on any atom is -0.493 e. The predicted molar refractivity (Wildman–Crippen MR) is 88.6 cm³/mol. The summed E-state index contributed by atoms with van der Waals surface area (Å²) in [4.78, 5) is 12.3. The van der Waals surface area contributed by atoms with E-state index in [2.05, 4.69) is 15.5 Å². The molecule has 7 heteroatoms. The van der Waals surface area contributed by atoms with Crippen molar-refractivity contribution in [2.24, 2.45) is 0 Å². The third-order valence-electron chi connectivity index (χ3n) is 3.38. The lowest BCUT2D eigenvalue weighted by atomic mass is 10.2. The number of methoxy groups -OCH3 is 1. The normalized spacial score (nSPS) is 13.9. The van der Waals surface area contributed by atoms with Gasteiger partial charge < -0.3 is 9.47 Å². The smallest absolute Gasteiger partial charge is 0.257 e. The fraction of sp³-hybridized carbons (Fsp3) is 0.438. The zero-order valence-electron chi connectivity index (χ0n) is 13.3. The van der Waals surface area contributed by atoms with E-state index in [1.54, 1.807) is 25.3 Å². The molecule has 0 bridgehead atoms. The van der Waals surface area contributed by atoms with Gasteiger partial charge in [-0.1, -0.05) is 11.3 Å². The first-order chi connectivity index (χ1) is 11.1. The molecule has 2 aromatic rings. The predicted octanol–water partition coefficient (Wildman–Crippen LogP) is 3.46. The molecule has 1 amide bonds. The Morgan fingerprint density at radius 3 is 2.74 bits per heavy atom. The zero-order chi connectivity index (χ0) is 16.4. The molecule has 0 spiro atoms. The molecular formula is C16H19N3O3S. The Bertz CT molecular complexity index is 710. The van der Waals surface area contributed by atoms with E-state index in [0.717, 1.165) is 17.8 Å². The molecule has 6 nitrogen and oxygen atoms in total. The van der Waals surface area contributed by atoms with Crippen molar-refractivity contribution in [1.29, 1.82) is 0 Å². The third kappa shape index (κ3) is 3.79. The van der Waals surface area contributed by atoms with Crippen LogP contribution in [-0.2, 0) is 0 Å². The molecule has 23 heavy (non-hydrogen) atoms. The van der Waals surface area contributed by atoms with Crippen LogP contribution in [0.25, 0.3) is 0 Å².